The second-order valence-corrected chi connectivity index (χ2v) is 5.11. The normalized spacial score (nSPS) is 20.2. The van der Waals surface area contributed by atoms with Gasteiger partial charge in [-0.05, 0) is 25.3 Å². The molecule has 0 aliphatic heterocycles. The fraction of sp³-hybridized carbons (Fsp3) is 0.412. The van der Waals surface area contributed by atoms with Gasteiger partial charge in [-0.3, -0.25) is 4.79 Å². The molecule has 1 aliphatic carbocycles. The van der Waals surface area contributed by atoms with Crippen LogP contribution in [0.25, 0.3) is 0 Å². The number of esters is 1. The number of nitrogens with one attached hydrogen (secondary N) is 1. The number of benzene rings is 1. The fourth-order valence-electron chi connectivity index (χ4n) is 2.40. The van der Waals surface area contributed by atoms with Gasteiger partial charge in [0.1, 0.15) is 6.61 Å². The van der Waals surface area contributed by atoms with E-state index in [0.717, 1.165) is 5.56 Å². The van der Waals surface area contributed by atoms with Gasteiger partial charge < -0.3 is 14.8 Å². The second-order valence-electron chi connectivity index (χ2n) is 5.11. The summed E-state index contributed by atoms with van der Waals surface area (Å²) in [4.78, 5) is 23.8. The molecule has 0 bridgehead atoms. The van der Waals surface area contributed by atoms with Gasteiger partial charge in [0.05, 0.1) is 12.5 Å². The van der Waals surface area contributed by atoms with E-state index in [2.05, 4.69) is 5.32 Å². The molecule has 22 heavy (non-hydrogen) atoms. The number of hydrogen-bond acceptors (Lipinski definition) is 4. The van der Waals surface area contributed by atoms with Crippen LogP contribution in [-0.2, 0) is 20.9 Å². The monoisotopic (exact) mass is 303 g/mol. The maximum absolute atomic E-state index is 11.9. The molecule has 0 heterocycles. The van der Waals surface area contributed by atoms with E-state index >= 15 is 0 Å². The summed E-state index contributed by atoms with van der Waals surface area (Å²) in [5.41, 5.74) is 0.920. The van der Waals surface area contributed by atoms with E-state index in [1.54, 1.807) is 6.92 Å². The quantitative estimate of drug-likeness (QED) is 0.671. The number of amides is 1. The molecule has 0 spiro atoms. The molecule has 2 rings (SSSR count). The lowest BCUT2D eigenvalue weighted by molar-refractivity contribution is -0.149. The first-order chi connectivity index (χ1) is 10.7. The lowest BCUT2D eigenvalue weighted by atomic mass is 9.89. The van der Waals surface area contributed by atoms with E-state index in [9.17, 15) is 9.59 Å². The van der Waals surface area contributed by atoms with Crippen LogP contribution < -0.4 is 5.32 Å². The van der Waals surface area contributed by atoms with E-state index < -0.39 is 6.09 Å². The highest BCUT2D eigenvalue weighted by Gasteiger charge is 2.31. The van der Waals surface area contributed by atoms with Crippen LogP contribution >= 0.6 is 0 Å². The Morgan fingerprint density at radius 1 is 1.14 bits per heavy atom. The van der Waals surface area contributed by atoms with Crippen molar-refractivity contribution in [2.75, 3.05) is 6.61 Å². The van der Waals surface area contributed by atoms with Crippen LogP contribution in [0.15, 0.2) is 42.5 Å². The Morgan fingerprint density at radius 2 is 1.86 bits per heavy atom. The van der Waals surface area contributed by atoms with Crippen LogP contribution in [0.3, 0.4) is 0 Å². The Bertz CT molecular complexity index is 527. The lowest BCUT2D eigenvalue weighted by Gasteiger charge is -2.27. The first kappa shape index (κ1) is 16.1. The van der Waals surface area contributed by atoms with Gasteiger partial charge in [0.25, 0.3) is 0 Å². The van der Waals surface area contributed by atoms with Crippen LogP contribution in [0, 0.1) is 5.92 Å². The SMILES string of the molecule is CCOC(=O)[C@H]1CC=CC[C@@H]1NC(=O)OCc1ccccc1. The van der Waals surface area contributed by atoms with Crippen molar-refractivity contribution in [3.8, 4) is 0 Å². The minimum Gasteiger partial charge on any atom is -0.466 e. The van der Waals surface area contributed by atoms with Gasteiger partial charge >= 0.3 is 12.1 Å². The third kappa shape index (κ3) is 4.62. The summed E-state index contributed by atoms with van der Waals surface area (Å²) >= 11 is 0. The zero-order valence-corrected chi connectivity index (χ0v) is 12.7. The van der Waals surface area contributed by atoms with Gasteiger partial charge in [-0.25, -0.2) is 4.79 Å². The highest BCUT2D eigenvalue weighted by atomic mass is 16.5. The maximum Gasteiger partial charge on any atom is 0.407 e. The Morgan fingerprint density at radius 3 is 2.59 bits per heavy atom. The zero-order valence-electron chi connectivity index (χ0n) is 12.7. The Kier molecular flexibility index (Phi) is 6.01. The summed E-state index contributed by atoms with van der Waals surface area (Å²) in [7, 11) is 0. The van der Waals surface area contributed by atoms with Gasteiger partial charge in [0.2, 0.25) is 0 Å². The number of allylic oxidation sites excluding steroid dienone is 1. The summed E-state index contributed by atoms with van der Waals surface area (Å²) < 4.78 is 10.3. The molecular weight excluding hydrogens is 282 g/mol. The number of carbonyl (C=O) groups excluding carboxylic acids is 2. The predicted octanol–water partition coefficient (Wildman–Crippen LogP) is 2.81. The van der Waals surface area contributed by atoms with Crippen molar-refractivity contribution in [3.63, 3.8) is 0 Å². The molecular formula is C17H21NO4. The van der Waals surface area contributed by atoms with Crippen molar-refractivity contribution in [1.82, 2.24) is 5.32 Å². The Hall–Kier alpha value is -2.30. The molecule has 5 nitrogen and oxygen atoms in total. The van der Waals surface area contributed by atoms with Gasteiger partial charge in [0.15, 0.2) is 0 Å². The van der Waals surface area contributed by atoms with Crippen molar-refractivity contribution in [2.24, 2.45) is 5.92 Å². The van der Waals surface area contributed by atoms with Crippen LogP contribution in [0.1, 0.15) is 25.3 Å². The number of carbonyl (C=O) groups is 2. The van der Waals surface area contributed by atoms with Crippen LogP contribution in [0.5, 0.6) is 0 Å². The topological polar surface area (TPSA) is 64.6 Å². The minimum atomic E-state index is -0.515. The van der Waals surface area contributed by atoms with Crippen molar-refractivity contribution < 1.29 is 19.1 Å². The van der Waals surface area contributed by atoms with Gasteiger partial charge in [0, 0.05) is 6.04 Å². The second kappa shape index (κ2) is 8.22. The van der Waals surface area contributed by atoms with E-state index in [4.69, 9.17) is 9.47 Å². The van der Waals surface area contributed by atoms with Crippen LogP contribution in [0.4, 0.5) is 4.79 Å². The van der Waals surface area contributed by atoms with Gasteiger partial charge in [-0.1, -0.05) is 42.5 Å². The molecule has 0 aromatic heterocycles. The number of alkyl carbamates (subject to hydrolysis) is 1. The summed E-state index contributed by atoms with van der Waals surface area (Å²) in [6, 6.07) is 9.17. The summed E-state index contributed by atoms with van der Waals surface area (Å²) in [5, 5.41) is 2.77. The standard InChI is InChI=1S/C17H21NO4/c1-2-21-16(19)14-10-6-7-11-15(14)18-17(20)22-12-13-8-4-3-5-9-13/h3-9,14-15H,2,10-12H2,1H3,(H,18,20)/t14-,15-/m0/s1. The molecule has 1 amide bonds. The van der Waals surface area contributed by atoms with E-state index in [0.29, 0.717) is 19.4 Å². The van der Waals surface area contributed by atoms with Crippen molar-refractivity contribution >= 4 is 12.1 Å². The molecule has 1 aromatic rings. The predicted molar refractivity (Wildman–Crippen MR) is 82.0 cm³/mol. The number of rotatable bonds is 5. The highest BCUT2D eigenvalue weighted by Crippen LogP contribution is 2.21. The summed E-state index contributed by atoms with van der Waals surface area (Å²) in [5.74, 6) is -0.630. The molecule has 1 aliphatic rings. The van der Waals surface area contributed by atoms with E-state index in [1.165, 1.54) is 0 Å². The molecule has 5 heteroatoms. The summed E-state index contributed by atoms with van der Waals surface area (Å²) in [6.45, 7) is 2.32. The van der Waals surface area contributed by atoms with E-state index in [-0.39, 0.29) is 24.5 Å². The minimum absolute atomic E-state index is 0.208. The average molecular weight is 303 g/mol. The molecule has 0 fully saturated rings. The molecule has 0 unspecified atom stereocenters. The highest BCUT2D eigenvalue weighted by molar-refractivity contribution is 5.75. The maximum atomic E-state index is 11.9. The Labute approximate surface area is 130 Å². The molecule has 1 aromatic carbocycles. The number of hydrogen-bond donors (Lipinski definition) is 1. The fourth-order valence-corrected chi connectivity index (χ4v) is 2.40. The smallest absolute Gasteiger partial charge is 0.407 e. The summed E-state index contributed by atoms with van der Waals surface area (Å²) in [6.07, 6.45) is 4.55. The van der Waals surface area contributed by atoms with E-state index in [1.807, 2.05) is 42.5 Å². The largest absolute Gasteiger partial charge is 0.466 e. The number of ether oxygens (including phenoxy) is 2. The van der Waals surface area contributed by atoms with Gasteiger partial charge in [-0.15, -0.1) is 0 Å². The Balaban J connectivity index is 1.86. The first-order valence-electron chi connectivity index (χ1n) is 7.49. The van der Waals surface area contributed by atoms with Crippen molar-refractivity contribution in [3.05, 3.63) is 48.0 Å². The molecule has 0 saturated heterocycles. The average Bonchev–Trinajstić information content (AvgIpc) is 2.54. The molecule has 118 valence electrons. The van der Waals surface area contributed by atoms with Crippen molar-refractivity contribution in [1.29, 1.82) is 0 Å². The van der Waals surface area contributed by atoms with Crippen LogP contribution in [-0.4, -0.2) is 24.7 Å². The molecule has 0 radical (unpaired) electrons. The zero-order chi connectivity index (χ0) is 15.8. The van der Waals surface area contributed by atoms with Gasteiger partial charge in [-0.2, -0.15) is 0 Å². The molecule has 0 saturated carbocycles. The third-order valence-electron chi connectivity index (χ3n) is 3.54. The molecule has 1 N–H and O–H groups in total. The molecule has 2 atom stereocenters. The van der Waals surface area contributed by atoms with Crippen molar-refractivity contribution in [2.45, 2.75) is 32.4 Å². The lowest BCUT2D eigenvalue weighted by Crippen LogP contribution is -2.44. The first-order valence-corrected chi connectivity index (χ1v) is 7.49. The third-order valence-corrected chi connectivity index (χ3v) is 3.54. The van der Waals surface area contributed by atoms with Crippen LogP contribution in [0.2, 0.25) is 0 Å².